The Balaban J connectivity index is 1.76. The quantitative estimate of drug-likeness (QED) is 0.780. The Hall–Kier alpha value is -1.51. The minimum atomic E-state index is -3.69. The average molecular weight is 339 g/mol. The lowest BCUT2D eigenvalue weighted by atomic mass is 10.3. The van der Waals surface area contributed by atoms with Crippen LogP contribution in [0.1, 0.15) is 19.8 Å². The van der Waals surface area contributed by atoms with E-state index in [1.165, 1.54) is 22.8 Å². The van der Waals surface area contributed by atoms with Crippen molar-refractivity contribution in [3.05, 3.63) is 24.5 Å². The molecule has 2 fully saturated rings. The van der Waals surface area contributed by atoms with Crippen LogP contribution in [0.4, 0.5) is 0 Å². The number of aromatic nitrogens is 1. The average Bonchev–Trinajstić information content (AvgIpc) is 3.37. The molecule has 23 heavy (non-hydrogen) atoms. The van der Waals surface area contributed by atoms with E-state index in [9.17, 15) is 13.2 Å². The molecule has 2 heterocycles. The zero-order valence-corrected chi connectivity index (χ0v) is 13.9. The van der Waals surface area contributed by atoms with Crippen molar-refractivity contribution in [3.8, 4) is 0 Å². The second kappa shape index (κ2) is 6.54. The summed E-state index contributed by atoms with van der Waals surface area (Å²) in [5, 5.41) is 0. The van der Waals surface area contributed by atoms with Crippen LogP contribution in [0.15, 0.2) is 29.4 Å². The molecular formula is C15H21N3O4S. The maximum atomic E-state index is 12.8. The Morgan fingerprint density at radius 2 is 2.26 bits per heavy atom. The third kappa shape index (κ3) is 3.70. The zero-order valence-electron chi connectivity index (χ0n) is 13.1. The van der Waals surface area contributed by atoms with Crippen molar-refractivity contribution in [1.29, 1.82) is 0 Å². The highest BCUT2D eigenvalue weighted by Gasteiger charge is 2.40. The highest BCUT2D eigenvalue weighted by atomic mass is 32.2. The van der Waals surface area contributed by atoms with Crippen LogP contribution in [0.2, 0.25) is 0 Å². The minimum absolute atomic E-state index is 0.0167. The van der Waals surface area contributed by atoms with Gasteiger partial charge in [-0.15, -0.1) is 0 Å². The van der Waals surface area contributed by atoms with Crippen LogP contribution in [0.25, 0.3) is 0 Å². The number of rotatable bonds is 5. The highest BCUT2D eigenvalue weighted by Crippen LogP contribution is 2.31. The summed E-state index contributed by atoms with van der Waals surface area (Å²) in [6.45, 7) is 3.30. The van der Waals surface area contributed by atoms with Crippen molar-refractivity contribution < 1.29 is 17.9 Å². The predicted molar refractivity (Wildman–Crippen MR) is 83.1 cm³/mol. The molecule has 0 N–H and O–H groups in total. The Morgan fingerprint density at radius 1 is 1.48 bits per heavy atom. The number of carbonyl (C=O) groups excluding carboxylic acids is 1. The van der Waals surface area contributed by atoms with Gasteiger partial charge in [-0.25, -0.2) is 8.42 Å². The fourth-order valence-electron chi connectivity index (χ4n) is 2.69. The van der Waals surface area contributed by atoms with E-state index in [-0.39, 0.29) is 29.5 Å². The van der Waals surface area contributed by atoms with Gasteiger partial charge in [-0.1, -0.05) is 0 Å². The van der Waals surface area contributed by atoms with Crippen LogP contribution in [0.3, 0.4) is 0 Å². The van der Waals surface area contributed by atoms with Crippen molar-refractivity contribution in [3.63, 3.8) is 0 Å². The van der Waals surface area contributed by atoms with Gasteiger partial charge in [-0.3, -0.25) is 9.78 Å². The number of morpholine rings is 1. The second-order valence-corrected chi connectivity index (χ2v) is 7.88. The van der Waals surface area contributed by atoms with Gasteiger partial charge in [0, 0.05) is 31.5 Å². The monoisotopic (exact) mass is 339 g/mol. The molecule has 2 aliphatic rings. The molecule has 1 aromatic heterocycles. The fraction of sp³-hybridized carbons (Fsp3) is 0.600. The van der Waals surface area contributed by atoms with Crippen LogP contribution < -0.4 is 0 Å². The van der Waals surface area contributed by atoms with Gasteiger partial charge < -0.3 is 9.64 Å². The van der Waals surface area contributed by atoms with Crippen LogP contribution in [-0.4, -0.2) is 66.9 Å². The molecule has 7 nitrogen and oxygen atoms in total. The van der Waals surface area contributed by atoms with Crippen LogP contribution in [-0.2, 0) is 19.6 Å². The van der Waals surface area contributed by atoms with E-state index < -0.39 is 10.0 Å². The summed E-state index contributed by atoms with van der Waals surface area (Å²) < 4.78 is 32.3. The molecule has 1 unspecified atom stereocenters. The summed E-state index contributed by atoms with van der Waals surface area (Å²) in [4.78, 5) is 18.2. The van der Waals surface area contributed by atoms with E-state index in [0.29, 0.717) is 19.7 Å². The van der Waals surface area contributed by atoms with Gasteiger partial charge in [0.2, 0.25) is 15.9 Å². The van der Waals surface area contributed by atoms with Gasteiger partial charge >= 0.3 is 0 Å². The first-order valence-corrected chi connectivity index (χ1v) is 9.24. The van der Waals surface area contributed by atoms with Gasteiger partial charge in [0.1, 0.15) is 4.90 Å². The highest BCUT2D eigenvalue weighted by molar-refractivity contribution is 7.89. The van der Waals surface area contributed by atoms with Gasteiger partial charge in [0.05, 0.1) is 19.3 Å². The van der Waals surface area contributed by atoms with E-state index >= 15 is 0 Å². The van der Waals surface area contributed by atoms with Gasteiger partial charge in [0.15, 0.2) is 0 Å². The molecule has 1 atom stereocenters. The number of hydrogen-bond acceptors (Lipinski definition) is 5. The van der Waals surface area contributed by atoms with Crippen molar-refractivity contribution in [2.24, 2.45) is 0 Å². The lowest BCUT2D eigenvalue weighted by molar-refractivity contribution is -0.138. The molecule has 0 aromatic carbocycles. The maximum Gasteiger partial charge on any atom is 0.245 e. The third-order valence-corrected chi connectivity index (χ3v) is 5.96. The molecule has 8 heteroatoms. The smallest absolute Gasteiger partial charge is 0.245 e. The molecule has 0 radical (unpaired) electrons. The number of ether oxygens (including phenoxy) is 1. The summed E-state index contributed by atoms with van der Waals surface area (Å²) in [7, 11) is -3.69. The van der Waals surface area contributed by atoms with E-state index in [1.54, 1.807) is 11.0 Å². The van der Waals surface area contributed by atoms with Gasteiger partial charge in [0.25, 0.3) is 0 Å². The van der Waals surface area contributed by atoms with Crippen LogP contribution in [0.5, 0.6) is 0 Å². The van der Waals surface area contributed by atoms with E-state index in [1.807, 2.05) is 6.92 Å². The second-order valence-electron chi connectivity index (χ2n) is 5.99. The summed E-state index contributed by atoms with van der Waals surface area (Å²) in [6, 6.07) is 3.02. The first kappa shape index (κ1) is 16.4. The third-order valence-electron chi connectivity index (χ3n) is 4.08. The molecule has 1 aliphatic carbocycles. The molecule has 1 saturated heterocycles. The number of sulfonamides is 1. The Kier molecular flexibility index (Phi) is 4.65. The van der Waals surface area contributed by atoms with Crippen molar-refractivity contribution >= 4 is 15.9 Å². The number of carbonyl (C=O) groups is 1. The summed E-state index contributed by atoms with van der Waals surface area (Å²) >= 11 is 0. The van der Waals surface area contributed by atoms with Crippen LogP contribution >= 0.6 is 0 Å². The fourth-order valence-corrected chi connectivity index (χ4v) is 4.29. The molecule has 1 amide bonds. The Labute approximate surface area is 136 Å². The Morgan fingerprint density at radius 3 is 2.87 bits per heavy atom. The standard InChI is InChI=1S/C15H21N3O4S/c1-12-10-17(7-8-22-12)15(19)11-18(13-4-5-13)23(20,21)14-3-2-6-16-9-14/h2-3,6,9,12-13H,4-5,7-8,10-11H2,1H3. The zero-order chi connectivity index (χ0) is 16.4. The largest absolute Gasteiger partial charge is 0.375 e. The SMILES string of the molecule is CC1CN(C(=O)CN(C2CC2)S(=O)(=O)c2cccnc2)CCO1. The molecule has 1 saturated carbocycles. The predicted octanol–water partition coefficient (Wildman–Crippen LogP) is 0.482. The topological polar surface area (TPSA) is 79.8 Å². The molecule has 3 rings (SSSR count). The summed E-state index contributed by atoms with van der Waals surface area (Å²) in [6.07, 6.45) is 4.43. The van der Waals surface area contributed by atoms with Gasteiger partial charge in [-0.2, -0.15) is 4.31 Å². The summed E-state index contributed by atoms with van der Waals surface area (Å²) in [5.74, 6) is -0.167. The number of hydrogen-bond donors (Lipinski definition) is 0. The molecule has 0 spiro atoms. The first-order chi connectivity index (χ1) is 11.0. The maximum absolute atomic E-state index is 12.8. The Bertz CT molecular complexity index is 661. The summed E-state index contributed by atoms with van der Waals surface area (Å²) in [5.41, 5.74) is 0. The van der Waals surface area contributed by atoms with Crippen molar-refractivity contribution in [2.45, 2.75) is 36.8 Å². The lowest BCUT2D eigenvalue weighted by Crippen LogP contribution is -2.49. The molecule has 1 aliphatic heterocycles. The van der Waals surface area contributed by atoms with Crippen molar-refractivity contribution in [1.82, 2.24) is 14.2 Å². The molecule has 0 bridgehead atoms. The molecule has 1 aromatic rings. The van der Waals surface area contributed by atoms with E-state index in [2.05, 4.69) is 4.98 Å². The first-order valence-electron chi connectivity index (χ1n) is 7.80. The van der Waals surface area contributed by atoms with E-state index in [0.717, 1.165) is 12.8 Å². The van der Waals surface area contributed by atoms with Gasteiger partial charge in [-0.05, 0) is 31.9 Å². The normalized spacial score (nSPS) is 22.3. The molecule has 126 valence electrons. The number of nitrogens with zero attached hydrogens (tertiary/aromatic N) is 3. The minimum Gasteiger partial charge on any atom is -0.375 e. The number of pyridine rings is 1. The van der Waals surface area contributed by atoms with Crippen LogP contribution in [0, 0.1) is 0 Å². The van der Waals surface area contributed by atoms with E-state index in [4.69, 9.17) is 4.74 Å². The lowest BCUT2D eigenvalue weighted by Gasteiger charge is -2.32. The molecular weight excluding hydrogens is 318 g/mol. The number of amides is 1. The van der Waals surface area contributed by atoms with Crippen molar-refractivity contribution in [2.75, 3.05) is 26.2 Å².